The number of hydrogen-bond acceptors (Lipinski definition) is 4. The quantitative estimate of drug-likeness (QED) is 0.774. The average Bonchev–Trinajstić information content (AvgIpc) is 3.06. The molecule has 3 aromatic rings. The second-order valence-corrected chi connectivity index (χ2v) is 6.32. The normalized spacial score (nSPS) is 10.8. The van der Waals surface area contributed by atoms with Crippen LogP contribution in [0.4, 0.5) is 4.79 Å². The summed E-state index contributed by atoms with van der Waals surface area (Å²) in [5, 5.41) is 7.74. The molecule has 114 valence electrons. The molecule has 0 aliphatic heterocycles. The predicted octanol–water partition coefficient (Wildman–Crippen LogP) is 3.51. The number of rotatable bonds is 4. The zero-order valence-corrected chi connectivity index (χ0v) is 13.3. The van der Waals surface area contributed by atoms with Crippen LogP contribution < -0.4 is 10.6 Å². The summed E-state index contributed by atoms with van der Waals surface area (Å²) in [6.45, 7) is 4.85. The van der Waals surface area contributed by atoms with Gasteiger partial charge in [-0.15, -0.1) is 11.3 Å². The Bertz CT molecular complexity index is 807. The van der Waals surface area contributed by atoms with Crippen LogP contribution in [0.1, 0.15) is 21.1 Å². The second kappa shape index (κ2) is 6.19. The Morgan fingerprint density at radius 2 is 2.00 bits per heavy atom. The van der Waals surface area contributed by atoms with E-state index in [2.05, 4.69) is 15.6 Å². The minimum Gasteiger partial charge on any atom is -0.464 e. The number of thiazole rings is 1. The maximum atomic E-state index is 11.9. The third kappa shape index (κ3) is 3.12. The van der Waals surface area contributed by atoms with Gasteiger partial charge in [-0.05, 0) is 19.9 Å². The SMILES string of the molecule is Cc1nc(C)c(CNC(=O)NCc2coc3ccccc23)s1. The summed E-state index contributed by atoms with van der Waals surface area (Å²) >= 11 is 1.61. The van der Waals surface area contributed by atoms with E-state index in [1.807, 2.05) is 38.1 Å². The molecule has 2 N–H and O–H groups in total. The van der Waals surface area contributed by atoms with Crippen LogP contribution in [0.5, 0.6) is 0 Å². The second-order valence-electron chi connectivity index (χ2n) is 5.03. The largest absolute Gasteiger partial charge is 0.464 e. The maximum absolute atomic E-state index is 11.9. The van der Waals surface area contributed by atoms with Gasteiger partial charge in [0.15, 0.2) is 0 Å². The molecule has 5 nitrogen and oxygen atoms in total. The van der Waals surface area contributed by atoms with E-state index in [-0.39, 0.29) is 6.03 Å². The number of amides is 2. The molecular formula is C16H17N3O2S. The number of carbonyl (C=O) groups excluding carboxylic acids is 1. The van der Waals surface area contributed by atoms with Gasteiger partial charge in [-0.3, -0.25) is 0 Å². The molecule has 0 aliphatic rings. The molecule has 0 radical (unpaired) electrons. The first-order chi connectivity index (χ1) is 10.6. The third-order valence-electron chi connectivity index (χ3n) is 3.41. The number of fused-ring (bicyclic) bond motifs is 1. The van der Waals surface area contributed by atoms with Crippen molar-refractivity contribution in [2.45, 2.75) is 26.9 Å². The van der Waals surface area contributed by atoms with Crippen LogP contribution in [0.25, 0.3) is 11.0 Å². The van der Waals surface area contributed by atoms with E-state index in [4.69, 9.17) is 4.42 Å². The van der Waals surface area contributed by atoms with E-state index in [0.717, 1.165) is 32.1 Å². The number of aryl methyl sites for hydroxylation is 2. The van der Waals surface area contributed by atoms with Gasteiger partial charge >= 0.3 is 6.03 Å². The van der Waals surface area contributed by atoms with Crippen LogP contribution >= 0.6 is 11.3 Å². The van der Waals surface area contributed by atoms with Crippen LogP contribution in [0.15, 0.2) is 34.9 Å². The molecule has 0 fully saturated rings. The standard InChI is InChI=1S/C16H17N3O2S/c1-10-15(22-11(2)19-10)8-18-16(20)17-7-12-9-21-14-6-4-3-5-13(12)14/h3-6,9H,7-8H2,1-2H3,(H2,17,18,20). The van der Waals surface area contributed by atoms with Gasteiger partial charge in [-0.2, -0.15) is 0 Å². The van der Waals surface area contributed by atoms with Crippen molar-refractivity contribution >= 4 is 28.3 Å². The van der Waals surface area contributed by atoms with E-state index in [9.17, 15) is 4.79 Å². The van der Waals surface area contributed by atoms with Gasteiger partial charge in [0.25, 0.3) is 0 Å². The van der Waals surface area contributed by atoms with Gasteiger partial charge in [0, 0.05) is 22.4 Å². The summed E-state index contributed by atoms with van der Waals surface area (Å²) in [5.41, 5.74) is 2.77. The Morgan fingerprint density at radius 3 is 2.77 bits per heavy atom. The van der Waals surface area contributed by atoms with Crippen molar-refractivity contribution in [2.75, 3.05) is 0 Å². The Morgan fingerprint density at radius 1 is 1.23 bits per heavy atom. The van der Waals surface area contributed by atoms with E-state index in [0.29, 0.717) is 13.1 Å². The van der Waals surface area contributed by atoms with E-state index >= 15 is 0 Å². The summed E-state index contributed by atoms with van der Waals surface area (Å²) in [4.78, 5) is 17.3. The van der Waals surface area contributed by atoms with Crippen molar-refractivity contribution in [1.82, 2.24) is 15.6 Å². The molecule has 0 saturated carbocycles. The number of furan rings is 1. The fourth-order valence-electron chi connectivity index (χ4n) is 2.31. The molecule has 2 amide bonds. The summed E-state index contributed by atoms with van der Waals surface area (Å²) in [5.74, 6) is 0. The lowest BCUT2D eigenvalue weighted by Crippen LogP contribution is -2.34. The Labute approximate surface area is 132 Å². The van der Waals surface area contributed by atoms with Gasteiger partial charge in [0.1, 0.15) is 5.58 Å². The van der Waals surface area contributed by atoms with Crippen molar-refractivity contribution in [1.29, 1.82) is 0 Å². The molecule has 6 heteroatoms. The maximum Gasteiger partial charge on any atom is 0.315 e. The lowest BCUT2D eigenvalue weighted by Gasteiger charge is -2.06. The monoisotopic (exact) mass is 315 g/mol. The highest BCUT2D eigenvalue weighted by atomic mass is 32.1. The van der Waals surface area contributed by atoms with Gasteiger partial charge < -0.3 is 15.1 Å². The number of nitrogens with one attached hydrogen (secondary N) is 2. The minimum atomic E-state index is -0.198. The summed E-state index contributed by atoms with van der Waals surface area (Å²) in [7, 11) is 0. The number of nitrogens with zero attached hydrogens (tertiary/aromatic N) is 1. The number of para-hydroxylation sites is 1. The van der Waals surface area contributed by atoms with Gasteiger partial charge in [0.2, 0.25) is 0 Å². The fourth-order valence-corrected chi connectivity index (χ4v) is 3.18. The summed E-state index contributed by atoms with van der Waals surface area (Å²) < 4.78 is 5.45. The number of carbonyl (C=O) groups is 1. The van der Waals surface area contributed by atoms with Crippen molar-refractivity contribution < 1.29 is 9.21 Å². The lowest BCUT2D eigenvalue weighted by atomic mass is 10.2. The Kier molecular flexibility index (Phi) is 4.11. The first-order valence-corrected chi connectivity index (χ1v) is 7.85. The highest BCUT2D eigenvalue weighted by Crippen LogP contribution is 2.20. The topological polar surface area (TPSA) is 67.2 Å². The first kappa shape index (κ1) is 14.6. The molecule has 22 heavy (non-hydrogen) atoms. The summed E-state index contributed by atoms with van der Waals surface area (Å²) in [6, 6.07) is 7.58. The molecule has 0 spiro atoms. The van der Waals surface area contributed by atoms with Crippen molar-refractivity contribution in [3.05, 3.63) is 51.7 Å². The zero-order chi connectivity index (χ0) is 15.5. The first-order valence-electron chi connectivity index (χ1n) is 7.03. The van der Waals surface area contributed by atoms with Gasteiger partial charge in [-0.1, -0.05) is 18.2 Å². The Hall–Kier alpha value is -2.34. The fraction of sp³-hybridized carbons (Fsp3) is 0.250. The zero-order valence-electron chi connectivity index (χ0n) is 12.5. The smallest absolute Gasteiger partial charge is 0.315 e. The van der Waals surface area contributed by atoms with E-state index < -0.39 is 0 Å². The van der Waals surface area contributed by atoms with Crippen molar-refractivity contribution in [2.24, 2.45) is 0 Å². The summed E-state index contributed by atoms with van der Waals surface area (Å²) in [6.07, 6.45) is 1.68. The molecule has 0 bridgehead atoms. The van der Waals surface area contributed by atoms with Crippen LogP contribution in [0.2, 0.25) is 0 Å². The molecule has 0 aliphatic carbocycles. The predicted molar refractivity (Wildman–Crippen MR) is 86.9 cm³/mol. The van der Waals surface area contributed by atoms with Crippen LogP contribution in [0, 0.1) is 13.8 Å². The molecule has 3 rings (SSSR count). The molecule has 0 atom stereocenters. The molecule has 2 heterocycles. The highest BCUT2D eigenvalue weighted by Gasteiger charge is 2.09. The molecular weight excluding hydrogens is 298 g/mol. The van der Waals surface area contributed by atoms with Crippen LogP contribution in [-0.2, 0) is 13.1 Å². The molecule has 1 aromatic carbocycles. The van der Waals surface area contributed by atoms with Crippen LogP contribution in [-0.4, -0.2) is 11.0 Å². The van der Waals surface area contributed by atoms with Gasteiger partial charge in [-0.25, -0.2) is 9.78 Å². The number of aromatic nitrogens is 1. The number of benzene rings is 1. The Balaban J connectivity index is 1.55. The molecule has 0 saturated heterocycles. The minimum absolute atomic E-state index is 0.198. The lowest BCUT2D eigenvalue weighted by molar-refractivity contribution is 0.240. The van der Waals surface area contributed by atoms with E-state index in [1.165, 1.54) is 0 Å². The molecule has 0 unspecified atom stereocenters. The van der Waals surface area contributed by atoms with Gasteiger partial charge in [0.05, 0.1) is 23.5 Å². The van der Waals surface area contributed by atoms with Crippen molar-refractivity contribution in [3.8, 4) is 0 Å². The highest BCUT2D eigenvalue weighted by molar-refractivity contribution is 7.11. The van der Waals surface area contributed by atoms with Crippen molar-refractivity contribution in [3.63, 3.8) is 0 Å². The third-order valence-corrected chi connectivity index (χ3v) is 4.48. The van der Waals surface area contributed by atoms with Crippen LogP contribution in [0.3, 0.4) is 0 Å². The average molecular weight is 315 g/mol. The number of hydrogen-bond donors (Lipinski definition) is 2. The number of urea groups is 1. The molecule has 2 aromatic heterocycles. The van der Waals surface area contributed by atoms with E-state index in [1.54, 1.807) is 17.6 Å².